The maximum atomic E-state index is 11.3. The predicted octanol–water partition coefficient (Wildman–Crippen LogP) is 2.87. The van der Waals surface area contributed by atoms with Crippen LogP contribution >= 0.6 is 11.3 Å². The fourth-order valence-electron chi connectivity index (χ4n) is 2.61. The fourth-order valence-corrected chi connectivity index (χ4v) is 3.43. The summed E-state index contributed by atoms with van der Waals surface area (Å²) < 4.78 is 10.6. The van der Waals surface area contributed by atoms with Gasteiger partial charge >= 0.3 is 6.03 Å². The molecule has 0 saturated heterocycles. The van der Waals surface area contributed by atoms with Crippen molar-refractivity contribution in [2.24, 2.45) is 9.98 Å². The average Bonchev–Trinajstić information content (AvgIpc) is 3.26. The Kier molecular flexibility index (Phi) is 3.77. The van der Waals surface area contributed by atoms with Gasteiger partial charge in [0.15, 0.2) is 11.5 Å². The van der Waals surface area contributed by atoms with E-state index in [1.54, 1.807) is 20.3 Å². The number of fused-ring (bicyclic) bond motifs is 1. The number of ether oxygens (including phenoxy) is 2. The van der Waals surface area contributed by atoms with E-state index in [0.29, 0.717) is 22.2 Å². The van der Waals surface area contributed by atoms with Crippen LogP contribution in [0.4, 0.5) is 4.79 Å². The monoisotopic (exact) mass is 351 g/mol. The van der Waals surface area contributed by atoms with Gasteiger partial charge in [-0.3, -0.25) is 0 Å². The molecule has 1 aromatic heterocycles. The summed E-state index contributed by atoms with van der Waals surface area (Å²) in [4.78, 5) is 23.7. The SMILES string of the molecule is COc1ccc(-c2nc(-c3ccc4c(c3)=NC(=O)N=4)cs2)cc1OC. The average molecular weight is 351 g/mol. The highest BCUT2D eigenvalue weighted by molar-refractivity contribution is 7.13. The lowest BCUT2D eigenvalue weighted by Crippen LogP contribution is -2.20. The van der Waals surface area contributed by atoms with E-state index in [1.165, 1.54) is 11.3 Å². The number of thiazole rings is 1. The molecule has 2 aromatic carbocycles. The van der Waals surface area contributed by atoms with Crippen molar-refractivity contribution in [1.82, 2.24) is 4.98 Å². The number of hydrogen-bond donors (Lipinski definition) is 0. The molecule has 0 N–H and O–H groups in total. The van der Waals surface area contributed by atoms with Gasteiger partial charge in [0.2, 0.25) is 0 Å². The lowest BCUT2D eigenvalue weighted by Gasteiger charge is -2.08. The summed E-state index contributed by atoms with van der Waals surface area (Å²) in [6, 6.07) is 10.7. The topological polar surface area (TPSA) is 73.1 Å². The molecule has 0 radical (unpaired) electrons. The van der Waals surface area contributed by atoms with Crippen LogP contribution in [-0.2, 0) is 0 Å². The number of urea groups is 1. The molecule has 2 heterocycles. The number of methoxy groups -OCH3 is 2. The summed E-state index contributed by atoms with van der Waals surface area (Å²) in [7, 11) is 3.21. The van der Waals surface area contributed by atoms with Crippen molar-refractivity contribution in [2.45, 2.75) is 0 Å². The third kappa shape index (κ3) is 2.78. The van der Waals surface area contributed by atoms with Crippen LogP contribution in [0.25, 0.3) is 21.8 Å². The molecule has 0 bridgehead atoms. The van der Waals surface area contributed by atoms with E-state index < -0.39 is 6.03 Å². The van der Waals surface area contributed by atoms with E-state index in [-0.39, 0.29) is 0 Å². The summed E-state index contributed by atoms with van der Waals surface area (Å²) in [6.45, 7) is 0. The maximum Gasteiger partial charge on any atom is 0.368 e. The minimum Gasteiger partial charge on any atom is -0.493 e. The van der Waals surface area contributed by atoms with Gasteiger partial charge in [-0.2, -0.15) is 9.98 Å². The van der Waals surface area contributed by atoms with Crippen LogP contribution in [0.2, 0.25) is 0 Å². The van der Waals surface area contributed by atoms with Gasteiger partial charge in [-0.1, -0.05) is 6.07 Å². The van der Waals surface area contributed by atoms with E-state index >= 15 is 0 Å². The second kappa shape index (κ2) is 6.10. The number of carbonyl (C=O) groups is 1. The number of amides is 2. The largest absolute Gasteiger partial charge is 0.493 e. The van der Waals surface area contributed by atoms with E-state index in [2.05, 4.69) is 9.98 Å². The Balaban J connectivity index is 1.72. The number of benzene rings is 2. The standard InChI is InChI=1S/C18H13N3O3S/c1-23-15-6-4-11(8-16(15)24-2)17-19-14(9-25-17)10-3-5-12-13(7-10)21-18(22)20-12/h3-9H,1-2H3. The van der Waals surface area contributed by atoms with Crippen LogP contribution in [0.15, 0.2) is 51.8 Å². The molecular weight excluding hydrogens is 338 g/mol. The van der Waals surface area contributed by atoms with Crippen molar-refractivity contribution < 1.29 is 14.3 Å². The van der Waals surface area contributed by atoms with Crippen molar-refractivity contribution >= 4 is 17.4 Å². The normalized spacial score (nSPS) is 12.3. The summed E-state index contributed by atoms with van der Waals surface area (Å²) in [6.07, 6.45) is 0. The molecule has 4 rings (SSSR count). The third-order valence-corrected chi connectivity index (χ3v) is 4.73. The Bertz CT molecular complexity index is 1100. The van der Waals surface area contributed by atoms with Gasteiger partial charge in [-0.15, -0.1) is 11.3 Å². The van der Waals surface area contributed by atoms with E-state index in [4.69, 9.17) is 14.5 Å². The van der Waals surface area contributed by atoms with Crippen LogP contribution in [-0.4, -0.2) is 25.2 Å². The molecule has 6 nitrogen and oxygen atoms in total. The van der Waals surface area contributed by atoms with Crippen molar-refractivity contribution in [3.8, 4) is 33.3 Å². The van der Waals surface area contributed by atoms with Crippen LogP contribution in [0.1, 0.15) is 0 Å². The summed E-state index contributed by atoms with van der Waals surface area (Å²) in [5.74, 6) is 1.34. The van der Waals surface area contributed by atoms with Crippen LogP contribution in [0, 0.1) is 0 Å². The molecule has 1 aliphatic rings. The molecule has 0 atom stereocenters. The van der Waals surface area contributed by atoms with Crippen LogP contribution < -0.4 is 20.2 Å². The molecule has 3 aromatic rings. The Morgan fingerprint density at radius 1 is 0.880 bits per heavy atom. The molecule has 0 unspecified atom stereocenters. The summed E-state index contributed by atoms with van der Waals surface area (Å²) in [5, 5.41) is 4.03. The number of rotatable bonds is 4. The number of aromatic nitrogens is 1. The molecule has 25 heavy (non-hydrogen) atoms. The first-order valence-corrected chi connectivity index (χ1v) is 8.35. The summed E-state index contributed by atoms with van der Waals surface area (Å²) in [5.41, 5.74) is 2.67. The highest BCUT2D eigenvalue weighted by atomic mass is 32.1. The van der Waals surface area contributed by atoms with Gasteiger partial charge < -0.3 is 9.47 Å². The van der Waals surface area contributed by atoms with Gasteiger partial charge in [-0.05, 0) is 30.3 Å². The second-order valence-electron chi connectivity index (χ2n) is 5.32. The minimum absolute atomic E-state index is 0.462. The number of nitrogens with zero attached hydrogens (tertiary/aromatic N) is 3. The van der Waals surface area contributed by atoms with Crippen molar-refractivity contribution in [2.75, 3.05) is 14.2 Å². The highest BCUT2D eigenvalue weighted by Crippen LogP contribution is 2.34. The quantitative estimate of drug-likeness (QED) is 0.724. The smallest absolute Gasteiger partial charge is 0.368 e. The first-order chi connectivity index (χ1) is 12.2. The van der Waals surface area contributed by atoms with Crippen LogP contribution in [0.5, 0.6) is 11.5 Å². The van der Waals surface area contributed by atoms with Crippen molar-refractivity contribution in [3.05, 3.63) is 52.5 Å². The lowest BCUT2D eigenvalue weighted by atomic mass is 10.1. The Labute approximate surface area is 147 Å². The third-order valence-electron chi connectivity index (χ3n) is 3.84. The first kappa shape index (κ1) is 15.5. The molecule has 1 aliphatic heterocycles. The van der Waals surface area contributed by atoms with E-state index in [1.807, 2.05) is 35.7 Å². The number of hydrogen-bond acceptors (Lipinski definition) is 5. The highest BCUT2D eigenvalue weighted by Gasteiger charge is 2.12. The molecule has 7 heteroatoms. The molecule has 0 fully saturated rings. The minimum atomic E-state index is -0.462. The Morgan fingerprint density at radius 2 is 1.64 bits per heavy atom. The van der Waals surface area contributed by atoms with Gasteiger partial charge in [0.25, 0.3) is 0 Å². The second-order valence-corrected chi connectivity index (χ2v) is 6.18. The first-order valence-electron chi connectivity index (χ1n) is 7.48. The zero-order valence-corrected chi connectivity index (χ0v) is 14.3. The molecule has 0 aliphatic carbocycles. The molecule has 0 saturated carbocycles. The maximum absolute atomic E-state index is 11.3. The molecular formula is C18H13N3O3S. The predicted molar refractivity (Wildman–Crippen MR) is 93.8 cm³/mol. The Morgan fingerprint density at radius 3 is 2.44 bits per heavy atom. The van der Waals surface area contributed by atoms with E-state index in [9.17, 15) is 4.79 Å². The lowest BCUT2D eigenvalue weighted by molar-refractivity contribution is 0.256. The molecule has 2 amide bonds. The molecule has 124 valence electrons. The van der Waals surface area contributed by atoms with Crippen molar-refractivity contribution in [3.63, 3.8) is 0 Å². The van der Waals surface area contributed by atoms with E-state index in [0.717, 1.165) is 21.8 Å². The summed E-state index contributed by atoms with van der Waals surface area (Å²) >= 11 is 1.54. The molecule has 0 spiro atoms. The fraction of sp³-hybridized carbons (Fsp3) is 0.111. The Hall–Kier alpha value is -3.06. The van der Waals surface area contributed by atoms with Gasteiger partial charge in [0.1, 0.15) is 5.01 Å². The number of carbonyl (C=O) groups excluding carboxylic acids is 1. The zero-order chi connectivity index (χ0) is 17.4. The van der Waals surface area contributed by atoms with Gasteiger partial charge in [0, 0.05) is 16.5 Å². The van der Waals surface area contributed by atoms with Crippen molar-refractivity contribution in [1.29, 1.82) is 0 Å². The zero-order valence-electron chi connectivity index (χ0n) is 13.5. The van der Waals surface area contributed by atoms with Gasteiger partial charge in [-0.25, -0.2) is 9.78 Å². The van der Waals surface area contributed by atoms with Gasteiger partial charge in [0.05, 0.1) is 30.6 Å². The van der Waals surface area contributed by atoms with Crippen LogP contribution in [0.3, 0.4) is 0 Å².